The molecule has 0 spiro atoms. The minimum atomic E-state index is 0. The third-order valence-electron chi connectivity index (χ3n) is 14.6. The van der Waals surface area contributed by atoms with E-state index in [0.29, 0.717) is 29.6 Å². The maximum absolute atomic E-state index is 5.05. The third kappa shape index (κ3) is 8.60. The zero-order chi connectivity index (χ0) is 48.1. The van der Waals surface area contributed by atoms with Crippen molar-refractivity contribution in [2.45, 2.75) is 147 Å². The van der Waals surface area contributed by atoms with Gasteiger partial charge in [0, 0.05) is 59.3 Å². The normalized spacial score (nSPS) is 12.6. The Kier molecular flexibility index (Phi) is 13.9. The zero-order valence-corrected chi connectivity index (χ0v) is 45.8. The SMILES string of the molecule is C.CC(C)c1cc(C(C)C)c(-c2cnc3c4[c-]cccc4c4cc(CC(C)(C)C)ccc4n23)c(C(C)C)c1.Cc1ccc2c(c1)c1cccc3c1c1n2c(-c2c(C(C)C)cccc2C(C)C)c[n+]1C3.[Ir]. The van der Waals surface area contributed by atoms with Crippen LogP contribution in [0.5, 0.6) is 0 Å². The van der Waals surface area contributed by atoms with Crippen molar-refractivity contribution in [2.24, 2.45) is 5.41 Å². The second-order valence-electron chi connectivity index (χ2n) is 22.7. The Hall–Kier alpha value is -5.61. The second kappa shape index (κ2) is 19.2. The number of benzene rings is 6. The Morgan fingerprint density at radius 3 is 1.83 bits per heavy atom. The van der Waals surface area contributed by atoms with E-state index in [-0.39, 0.29) is 32.9 Å². The molecular weight excluding hydrogens is 1030 g/mol. The van der Waals surface area contributed by atoms with Crippen LogP contribution in [0.4, 0.5) is 0 Å². The van der Waals surface area contributed by atoms with Gasteiger partial charge in [-0.2, -0.15) is 4.40 Å². The molecule has 0 saturated carbocycles. The number of pyridine rings is 2. The summed E-state index contributed by atoms with van der Waals surface area (Å²) in [6.07, 6.45) is 5.54. The van der Waals surface area contributed by atoms with Crippen LogP contribution < -0.4 is 4.57 Å². The van der Waals surface area contributed by atoms with Crippen molar-refractivity contribution >= 4 is 54.6 Å². The molecule has 0 bridgehead atoms. The van der Waals surface area contributed by atoms with Gasteiger partial charge in [0.15, 0.2) is 5.69 Å². The van der Waals surface area contributed by atoms with Gasteiger partial charge in [0.25, 0.3) is 5.65 Å². The molecule has 1 aliphatic rings. The first-order valence-electron chi connectivity index (χ1n) is 25.3. The van der Waals surface area contributed by atoms with Crippen molar-refractivity contribution < 1.29 is 24.7 Å². The van der Waals surface area contributed by atoms with Crippen molar-refractivity contribution in [1.29, 1.82) is 0 Å². The summed E-state index contributed by atoms with van der Waals surface area (Å²) in [5.41, 5.74) is 21.6. The summed E-state index contributed by atoms with van der Waals surface area (Å²) in [6, 6.07) is 42.4. The molecule has 0 atom stereocenters. The fourth-order valence-corrected chi connectivity index (χ4v) is 11.4. The molecule has 0 fully saturated rings. The molecule has 5 heteroatoms. The summed E-state index contributed by atoms with van der Waals surface area (Å²) < 4.78 is 7.41. The van der Waals surface area contributed by atoms with Crippen molar-refractivity contribution in [3.05, 3.63) is 166 Å². The molecule has 10 aromatic rings. The number of imidazole rings is 2. The van der Waals surface area contributed by atoms with E-state index >= 15 is 0 Å². The van der Waals surface area contributed by atoms with Crippen LogP contribution in [0.25, 0.3) is 77.2 Å². The number of fused-ring (bicyclic) bond motifs is 9. The molecule has 0 unspecified atom stereocenters. The first-order chi connectivity index (χ1) is 32.4. The van der Waals surface area contributed by atoms with Crippen molar-refractivity contribution in [1.82, 2.24) is 13.8 Å². The minimum absolute atomic E-state index is 0. The number of aromatic nitrogens is 4. The summed E-state index contributed by atoms with van der Waals surface area (Å²) in [5.74, 6) is 2.26. The molecule has 70 heavy (non-hydrogen) atoms. The van der Waals surface area contributed by atoms with E-state index in [1.54, 1.807) is 0 Å². The Morgan fingerprint density at radius 1 is 0.614 bits per heavy atom. The molecule has 1 radical (unpaired) electrons. The maximum atomic E-state index is 5.05. The first-order valence-corrected chi connectivity index (χ1v) is 25.3. The van der Waals surface area contributed by atoms with Crippen molar-refractivity contribution in [2.75, 3.05) is 0 Å². The Bertz CT molecular complexity index is 3550. The standard InChI is InChI=1S/C35H41N2.C29H29N2.CH4.Ir/c1-21(2)25-17-28(22(3)4)33(29(18-25)23(5)6)32-20-36-34-27-13-11-10-12-26(27)30-16-24(19-35(7,8)9)14-15-31(30)37(32)34;1-17(2)21-9-7-10-22(18(3)4)28(21)26-16-30-15-20-8-6-11-23-24-14-19(5)12-13-25(24)31(26)29(30)27(20)23;;/h10-12,14-18,20-23H,19H2,1-9H3;6-14,16-18H,15H2,1-5H3;1H4;/q-1;+1;;. The van der Waals surface area contributed by atoms with Gasteiger partial charge in [-0.3, -0.25) is 4.98 Å². The summed E-state index contributed by atoms with van der Waals surface area (Å²) in [6.45, 7) is 33.2. The molecule has 0 saturated heterocycles. The summed E-state index contributed by atoms with van der Waals surface area (Å²) in [4.78, 5) is 5.05. The van der Waals surface area contributed by atoms with E-state index in [0.717, 1.165) is 24.0 Å². The predicted molar refractivity (Wildman–Crippen MR) is 297 cm³/mol. The largest absolute Gasteiger partial charge is 0.333 e. The fourth-order valence-electron chi connectivity index (χ4n) is 11.4. The van der Waals surface area contributed by atoms with Crippen molar-refractivity contribution in [3.8, 4) is 22.5 Å². The molecule has 4 aromatic heterocycles. The summed E-state index contributed by atoms with van der Waals surface area (Å²) in [5, 5.41) is 7.73. The minimum Gasteiger partial charge on any atom is -0.333 e. The van der Waals surface area contributed by atoms with Crippen LogP contribution >= 0.6 is 0 Å². The molecule has 363 valence electrons. The number of nitrogens with zero attached hydrogens (tertiary/aromatic N) is 4. The van der Waals surface area contributed by atoms with Gasteiger partial charge in [-0.05, 0) is 105 Å². The number of rotatable bonds is 8. The van der Waals surface area contributed by atoms with Gasteiger partial charge in [-0.1, -0.05) is 175 Å². The number of hydrogen-bond donors (Lipinski definition) is 0. The second-order valence-corrected chi connectivity index (χ2v) is 22.7. The van der Waals surface area contributed by atoms with Crippen LogP contribution in [0.15, 0.2) is 116 Å². The monoisotopic (exact) mass is 1100 g/mol. The van der Waals surface area contributed by atoms with Crippen LogP contribution in [0.1, 0.15) is 172 Å². The van der Waals surface area contributed by atoms with Gasteiger partial charge in [0.2, 0.25) is 0 Å². The Morgan fingerprint density at radius 2 is 1.20 bits per heavy atom. The molecule has 0 N–H and O–H groups in total. The predicted octanol–water partition coefficient (Wildman–Crippen LogP) is 17.8. The average Bonchev–Trinajstić information content (AvgIpc) is 4.01. The Balaban J connectivity index is 0.000000185. The summed E-state index contributed by atoms with van der Waals surface area (Å²) >= 11 is 0. The third-order valence-corrected chi connectivity index (χ3v) is 14.6. The van der Waals surface area contributed by atoms with Gasteiger partial charge in [0.1, 0.15) is 18.3 Å². The van der Waals surface area contributed by atoms with Crippen molar-refractivity contribution in [3.63, 3.8) is 0 Å². The van der Waals surface area contributed by atoms with Crippen LogP contribution in [-0.2, 0) is 33.1 Å². The fraction of sp³-hybridized carbons (Fsp3) is 0.354. The Labute approximate surface area is 431 Å². The molecule has 11 rings (SSSR count). The van der Waals surface area contributed by atoms with E-state index in [1.807, 2.05) is 6.07 Å². The van der Waals surface area contributed by atoms with Crippen LogP contribution in [0.3, 0.4) is 0 Å². The average molecular weight is 1100 g/mol. The molecule has 0 amide bonds. The number of hydrogen-bond acceptors (Lipinski definition) is 1. The van der Waals surface area contributed by atoms with Crippen LogP contribution in [0, 0.1) is 18.4 Å². The molecule has 6 aromatic carbocycles. The van der Waals surface area contributed by atoms with E-state index < -0.39 is 0 Å². The zero-order valence-electron chi connectivity index (χ0n) is 43.4. The molecular formula is C65H74IrN4. The topological polar surface area (TPSA) is 25.6 Å². The van der Waals surface area contributed by atoms with Crippen LogP contribution in [0.2, 0.25) is 0 Å². The van der Waals surface area contributed by atoms with Gasteiger partial charge in [-0.15, -0.1) is 29.7 Å². The van der Waals surface area contributed by atoms with E-state index in [9.17, 15) is 0 Å². The van der Waals surface area contributed by atoms with Gasteiger partial charge in [0.05, 0.1) is 16.7 Å². The molecule has 1 aliphatic heterocycles. The van der Waals surface area contributed by atoms with Gasteiger partial charge < -0.3 is 4.40 Å². The van der Waals surface area contributed by atoms with Gasteiger partial charge in [-0.25, -0.2) is 4.57 Å². The maximum Gasteiger partial charge on any atom is 0.295 e. The quantitative estimate of drug-likeness (QED) is 0.0846. The van der Waals surface area contributed by atoms with E-state index in [2.05, 4.69) is 226 Å². The molecule has 0 aliphatic carbocycles. The smallest absolute Gasteiger partial charge is 0.295 e. The molecule has 4 nitrogen and oxygen atoms in total. The van der Waals surface area contributed by atoms with Crippen LogP contribution in [-0.4, -0.2) is 13.8 Å². The van der Waals surface area contributed by atoms with Gasteiger partial charge >= 0.3 is 0 Å². The molecule has 5 heterocycles. The summed E-state index contributed by atoms with van der Waals surface area (Å²) in [7, 11) is 0. The first kappa shape index (κ1) is 50.8. The van der Waals surface area contributed by atoms with E-state index in [1.165, 1.54) is 111 Å². The van der Waals surface area contributed by atoms with E-state index in [4.69, 9.17) is 4.98 Å². The number of aryl methyl sites for hydroxylation is 1.